The van der Waals surface area contributed by atoms with Gasteiger partial charge in [-0.25, -0.2) is 4.79 Å². The summed E-state index contributed by atoms with van der Waals surface area (Å²) >= 11 is 0. The zero-order chi connectivity index (χ0) is 20.1. The van der Waals surface area contributed by atoms with Gasteiger partial charge in [0.15, 0.2) is 23.0 Å². The molecule has 0 saturated heterocycles. The van der Waals surface area contributed by atoms with Gasteiger partial charge in [0, 0.05) is 22.6 Å². The van der Waals surface area contributed by atoms with Crippen LogP contribution in [0, 0.1) is 5.92 Å². The normalized spacial score (nSPS) is 18.2. The Bertz CT molecular complexity index is 1080. The lowest BCUT2D eigenvalue weighted by Gasteiger charge is -2.29. The van der Waals surface area contributed by atoms with Gasteiger partial charge >= 0.3 is 5.97 Å². The molecule has 6 nitrogen and oxygen atoms in total. The molecule has 0 aromatic heterocycles. The molecule has 5 rings (SSSR count). The number of allylic oxidation sites excluding steroid dienone is 1. The van der Waals surface area contributed by atoms with Crippen LogP contribution in [0.1, 0.15) is 22.3 Å². The fraction of sp³-hybridized carbons (Fsp3) is 0.261. The molecule has 148 valence electrons. The largest absolute Gasteiger partial charge is 0.493 e. The molecule has 29 heavy (non-hydrogen) atoms. The molecule has 1 unspecified atom stereocenters. The molecule has 0 saturated carbocycles. The Balaban J connectivity index is 1.91. The van der Waals surface area contributed by atoms with Gasteiger partial charge in [-0.15, -0.1) is 6.58 Å². The van der Waals surface area contributed by atoms with Crippen molar-refractivity contribution < 1.29 is 28.5 Å². The molecule has 0 fully saturated rings. The summed E-state index contributed by atoms with van der Waals surface area (Å²) < 4.78 is 28.2. The number of carbonyl (C=O) groups excluding carboxylic acids is 1. The fourth-order valence-electron chi connectivity index (χ4n) is 4.41. The Morgan fingerprint density at radius 3 is 2.76 bits per heavy atom. The second kappa shape index (κ2) is 6.58. The number of esters is 1. The molecule has 0 spiro atoms. The molecule has 0 bridgehead atoms. The summed E-state index contributed by atoms with van der Waals surface area (Å²) in [5.41, 5.74) is 4.98. The summed E-state index contributed by atoms with van der Waals surface area (Å²) in [6.45, 7) is 4.39. The standard InChI is InChI=1S/C23H20O6/c1-4-12-9-13-5-7-16(25-2)22-18(13)20(19(12)23(24)26-3)14-6-8-17-21(29-11-28-17)15(14)10-27-22/h4-8,12H,1,9-11H2,2-3H3. The van der Waals surface area contributed by atoms with Gasteiger partial charge in [-0.3, -0.25) is 0 Å². The first-order valence-electron chi connectivity index (χ1n) is 9.37. The van der Waals surface area contributed by atoms with Crippen LogP contribution >= 0.6 is 0 Å². The summed E-state index contributed by atoms with van der Waals surface area (Å²) in [4.78, 5) is 12.9. The minimum absolute atomic E-state index is 0.158. The molecule has 1 aliphatic carbocycles. The van der Waals surface area contributed by atoms with E-state index < -0.39 is 0 Å². The monoisotopic (exact) mass is 392 g/mol. The third kappa shape index (κ3) is 2.45. The van der Waals surface area contributed by atoms with Crippen molar-refractivity contribution in [1.82, 2.24) is 0 Å². The van der Waals surface area contributed by atoms with Gasteiger partial charge in [0.2, 0.25) is 6.79 Å². The van der Waals surface area contributed by atoms with Crippen molar-refractivity contribution in [3.05, 3.63) is 64.7 Å². The highest BCUT2D eigenvalue weighted by atomic mass is 16.7. The number of hydrogen-bond acceptors (Lipinski definition) is 6. The Morgan fingerprint density at radius 2 is 2.00 bits per heavy atom. The predicted molar refractivity (Wildman–Crippen MR) is 105 cm³/mol. The van der Waals surface area contributed by atoms with E-state index in [1.165, 1.54) is 7.11 Å². The van der Waals surface area contributed by atoms with E-state index >= 15 is 0 Å². The van der Waals surface area contributed by atoms with Crippen LogP contribution in [0.4, 0.5) is 0 Å². The zero-order valence-electron chi connectivity index (χ0n) is 16.2. The molecule has 0 N–H and O–H groups in total. The molecule has 0 amide bonds. The second-order valence-corrected chi connectivity index (χ2v) is 7.07. The summed E-state index contributed by atoms with van der Waals surface area (Å²) in [6, 6.07) is 7.73. The molecule has 1 atom stereocenters. The van der Waals surface area contributed by atoms with E-state index in [1.807, 2.05) is 24.3 Å². The predicted octanol–water partition coefficient (Wildman–Crippen LogP) is 3.65. The zero-order valence-corrected chi connectivity index (χ0v) is 16.2. The minimum atomic E-state index is -0.380. The summed E-state index contributed by atoms with van der Waals surface area (Å²) in [5, 5.41) is 0. The molecule has 2 aromatic rings. The topological polar surface area (TPSA) is 63.2 Å². The van der Waals surface area contributed by atoms with E-state index in [-0.39, 0.29) is 25.3 Å². The first kappa shape index (κ1) is 17.7. The van der Waals surface area contributed by atoms with Crippen LogP contribution in [0.15, 0.2) is 42.5 Å². The average molecular weight is 392 g/mol. The highest BCUT2D eigenvalue weighted by molar-refractivity contribution is 6.06. The van der Waals surface area contributed by atoms with Gasteiger partial charge in [0.05, 0.1) is 19.8 Å². The van der Waals surface area contributed by atoms with Gasteiger partial charge in [-0.1, -0.05) is 12.1 Å². The maximum absolute atomic E-state index is 12.9. The van der Waals surface area contributed by atoms with Crippen molar-refractivity contribution in [2.75, 3.05) is 21.0 Å². The summed E-state index contributed by atoms with van der Waals surface area (Å²) in [7, 11) is 3.00. The van der Waals surface area contributed by atoms with Crippen molar-refractivity contribution >= 4 is 11.5 Å². The molecular formula is C23H20O6. The maximum atomic E-state index is 12.9. The lowest BCUT2D eigenvalue weighted by molar-refractivity contribution is -0.136. The van der Waals surface area contributed by atoms with Crippen LogP contribution in [0.25, 0.3) is 5.57 Å². The van der Waals surface area contributed by atoms with E-state index in [9.17, 15) is 4.79 Å². The molecule has 2 aromatic carbocycles. The average Bonchev–Trinajstić information content (AvgIpc) is 3.17. The smallest absolute Gasteiger partial charge is 0.335 e. The minimum Gasteiger partial charge on any atom is -0.493 e. The Morgan fingerprint density at radius 1 is 1.14 bits per heavy atom. The van der Waals surface area contributed by atoms with Crippen molar-refractivity contribution in [2.24, 2.45) is 5.92 Å². The fourth-order valence-corrected chi connectivity index (χ4v) is 4.41. The molecule has 6 heteroatoms. The van der Waals surface area contributed by atoms with E-state index in [4.69, 9.17) is 23.7 Å². The number of fused-ring (bicyclic) bond motifs is 4. The van der Waals surface area contributed by atoms with Crippen LogP contribution in [0.5, 0.6) is 23.0 Å². The molecular weight excluding hydrogens is 372 g/mol. The molecule has 2 aliphatic heterocycles. The number of rotatable bonds is 3. The van der Waals surface area contributed by atoms with Crippen LogP contribution in [0.3, 0.4) is 0 Å². The highest BCUT2D eigenvalue weighted by Crippen LogP contribution is 2.52. The quantitative estimate of drug-likeness (QED) is 0.587. The van der Waals surface area contributed by atoms with E-state index in [2.05, 4.69) is 6.58 Å². The third-order valence-corrected chi connectivity index (χ3v) is 5.72. The number of hydrogen-bond donors (Lipinski definition) is 0. The van der Waals surface area contributed by atoms with Crippen molar-refractivity contribution in [3.63, 3.8) is 0 Å². The van der Waals surface area contributed by atoms with Crippen LogP contribution in [-0.4, -0.2) is 27.0 Å². The Kier molecular flexibility index (Phi) is 4.01. The molecule has 2 heterocycles. The highest BCUT2D eigenvalue weighted by Gasteiger charge is 2.38. The van der Waals surface area contributed by atoms with Gasteiger partial charge < -0.3 is 23.7 Å². The van der Waals surface area contributed by atoms with E-state index in [0.29, 0.717) is 35.0 Å². The SMILES string of the molecule is C=CC1Cc2ccc(OC)c3c2C(=C1C(=O)OC)c1ccc2c(c1CO3)OCO2. The first-order valence-corrected chi connectivity index (χ1v) is 9.37. The van der Waals surface area contributed by atoms with Gasteiger partial charge in [-0.2, -0.15) is 0 Å². The van der Waals surface area contributed by atoms with Crippen LogP contribution in [-0.2, 0) is 22.6 Å². The number of carbonyl (C=O) groups is 1. The first-order chi connectivity index (χ1) is 14.2. The van der Waals surface area contributed by atoms with Gasteiger partial charge in [0.25, 0.3) is 0 Å². The Labute approximate surface area is 168 Å². The molecule has 0 radical (unpaired) electrons. The van der Waals surface area contributed by atoms with Gasteiger partial charge in [-0.05, 0) is 35.7 Å². The van der Waals surface area contributed by atoms with Crippen molar-refractivity contribution in [2.45, 2.75) is 13.0 Å². The molecule has 3 aliphatic rings. The van der Waals surface area contributed by atoms with Crippen molar-refractivity contribution in [3.8, 4) is 23.0 Å². The van der Waals surface area contributed by atoms with Crippen molar-refractivity contribution in [1.29, 1.82) is 0 Å². The summed E-state index contributed by atoms with van der Waals surface area (Å²) in [6.07, 6.45) is 2.43. The lowest BCUT2D eigenvalue weighted by Crippen LogP contribution is -2.22. The van der Waals surface area contributed by atoms with E-state index in [1.54, 1.807) is 13.2 Å². The lowest BCUT2D eigenvalue weighted by atomic mass is 9.75. The van der Waals surface area contributed by atoms with E-state index in [0.717, 1.165) is 27.8 Å². The third-order valence-electron chi connectivity index (χ3n) is 5.72. The second-order valence-electron chi connectivity index (χ2n) is 7.07. The number of ether oxygens (including phenoxy) is 5. The van der Waals surface area contributed by atoms with Gasteiger partial charge in [0.1, 0.15) is 6.61 Å². The van der Waals surface area contributed by atoms with Crippen LogP contribution in [0.2, 0.25) is 0 Å². The number of benzene rings is 2. The Hall–Kier alpha value is -3.41. The number of methoxy groups -OCH3 is 2. The summed E-state index contributed by atoms with van der Waals surface area (Å²) in [5.74, 6) is 1.99. The maximum Gasteiger partial charge on any atom is 0.335 e. The van der Waals surface area contributed by atoms with Crippen LogP contribution < -0.4 is 18.9 Å².